The molecule has 0 aromatic heterocycles. The van der Waals surface area contributed by atoms with Crippen molar-refractivity contribution in [3.05, 3.63) is 29.8 Å². The topological polar surface area (TPSA) is 44.5 Å². The lowest BCUT2D eigenvalue weighted by Crippen LogP contribution is -2.54. The summed E-state index contributed by atoms with van der Waals surface area (Å²) in [6.45, 7) is 0. The summed E-state index contributed by atoms with van der Waals surface area (Å²) in [6.07, 6.45) is 5.42. The van der Waals surface area contributed by atoms with Gasteiger partial charge in [0.1, 0.15) is 5.75 Å². The van der Waals surface area contributed by atoms with E-state index in [1.807, 2.05) is 12.1 Å². The van der Waals surface area contributed by atoms with E-state index < -0.39 is 0 Å². The van der Waals surface area contributed by atoms with Crippen LogP contribution in [0.15, 0.2) is 24.3 Å². The highest BCUT2D eigenvalue weighted by Crippen LogP contribution is 2.38. The zero-order chi connectivity index (χ0) is 13.0. The Kier molecular flexibility index (Phi) is 4.25. The van der Waals surface area contributed by atoms with Gasteiger partial charge in [0, 0.05) is 13.2 Å². The van der Waals surface area contributed by atoms with E-state index in [-0.39, 0.29) is 11.6 Å². The first-order valence-electron chi connectivity index (χ1n) is 6.64. The van der Waals surface area contributed by atoms with Gasteiger partial charge in [0.25, 0.3) is 0 Å². The van der Waals surface area contributed by atoms with Gasteiger partial charge in [0.15, 0.2) is 0 Å². The molecule has 1 atom stereocenters. The largest absolute Gasteiger partial charge is 0.497 e. The van der Waals surface area contributed by atoms with Gasteiger partial charge in [-0.05, 0) is 49.8 Å². The molecule has 1 aromatic rings. The van der Waals surface area contributed by atoms with Crippen molar-refractivity contribution < 1.29 is 9.47 Å². The summed E-state index contributed by atoms with van der Waals surface area (Å²) >= 11 is 0. The first kappa shape index (κ1) is 13.4. The van der Waals surface area contributed by atoms with Crippen molar-refractivity contribution in [2.45, 2.75) is 43.7 Å². The van der Waals surface area contributed by atoms with Crippen LogP contribution in [-0.2, 0) is 11.2 Å². The minimum atomic E-state index is -0.0491. The Bertz CT molecular complexity index is 365. The molecule has 0 spiro atoms. The van der Waals surface area contributed by atoms with E-state index >= 15 is 0 Å². The summed E-state index contributed by atoms with van der Waals surface area (Å²) in [5.41, 5.74) is 7.53. The Morgan fingerprint density at radius 1 is 1.22 bits per heavy atom. The molecule has 1 aliphatic rings. The smallest absolute Gasteiger partial charge is 0.118 e. The van der Waals surface area contributed by atoms with Crippen LogP contribution in [0.3, 0.4) is 0 Å². The van der Waals surface area contributed by atoms with Crippen molar-refractivity contribution in [3.8, 4) is 5.75 Å². The highest BCUT2D eigenvalue weighted by molar-refractivity contribution is 5.27. The van der Waals surface area contributed by atoms with Crippen LogP contribution in [0.5, 0.6) is 5.75 Å². The number of hydrogen-bond donors (Lipinski definition) is 1. The molecule has 2 rings (SSSR count). The summed E-state index contributed by atoms with van der Waals surface area (Å²) in [4.78, 5) is 0. The minimum absolute atomic E-state index is 0.0491. The summed E-state index contributed by atoms with van der Waals surface area (Å²) in [5.74, 6) is 0.899. The molecule has 0 bridgehead atoms. The Balaban J connectivity index is 1.86. The number of hydrogen-bond acceptors (Lipinski definition) is 3. The number of aryl methyl sites for hydroxylation is 1. The number of nitrogens with two attached hydrogens (primary N) is 1. The number of benzene rings is 1. The van der Waals surface area contributed by atoms with Gasteiger partial charge in [0.2, 0.25) is 0 Å². The summed E-state index contributed by atoms with van der Waals surface area (Å²) < 4.78 is 10.8. The van der Waals surface area contributed by atoms with Gasteiger partial charge in [-0.1, -0.05) is 12.1 Å². The predicted octanol–water partition coefficient (Wildman–Crippen LogP) is 2.52. The van der Waals surface area contributed by atoms with E-state index in [9.17, 15) is 0 Å². The van der Waals surface area contributed by atoms with Crippen LogP contribution in [0, 0.1) is 0 Å². The molecule has 0 radical (unpaired) electrons. The molecule has 1 saturated carbocycles. The average molecular weight is 249 g/mol. The molecule has 3 heteroatoms. The molecular weight excluding hydrogens is 226 g/mol. The Morgan fingerprint density at radius 3 is 2.33 bits per heavy atom. The van der Waals surface area contributed by atoms with E-state index in [2.05, 4.69) is 12.1 Å². The first-order chi connectivity index (χ1) is 8.70. The van der Waals surface area contributed by atoms with Crippen LogP contribution >= 0.6 is 0 Å². The van der Waals surface area contributed by atoms with Crippen LogP contribution in [0.2, 0.25) is 0 Å². The van der Waals surface area contributed by atoms with Gasteiger partial charge in [0.05, 0.1) is 12.7 Å². The lowest BCUT2D eigenvalue weighted by Gasteiger charge is -2.45. The van der Waals surface area contributed by atoms with Gasteiger partial charge in [-0.15, -0.1) is 0 Å². The van der Waals surface area contributed by atoms with E-state index in [1.165, 1.54) is 12.0 Å². The van der Waals surface area contributed by atoms with Crippen molar-refractivity contribution in [1.82, 2.24) is 0 Å². The SMILES string of the molecule is COc1ccc(CCC(N)C2(OC)CCC2)cc1. The monoisotopic (exact) mass is 249 g/mol. The van der Waals surface area contributed by atoms with Crippen LogP contribution < -0.4 is 10.5 Å². The highest BCUT2D eigenvalue weighted by atomic mass is 16.5. The second kappa shape index (κ2) is 5.72. The quantitative estimate of drug-likeness (QED) is 0.842. The van der Waals surface area contributed by atoms with E-state index in [1.54, 1.807) is 14.2 Å². The molecule has 0 aliphatic heterocycles. The molecule has 18 heavy (non-hydrogen) atoms. The second-order valence-corrected chi connectivity index (χ2v) is 5.12. The minimum Gasteiger partial charge on any atom is -0.497 e. The van der Waals surface area contributed by atoms with Gasteiger partial charge >= 0.3 is 0 Å². The molecule has 0 saturated heterocycles. The fraction of sp³-hybridized carbons (Fsp3) is 0.600. The lowest BCUT2D eigenvalue weighted by molar-refractivity contribution is -0.0912. The molecule has 1 unspecified atom stereocenters. The molecule has 1 aliphatic carbocycles. The molecule has 1 aromatic carbocycles. The highest BCUT2D eigenvalue weighted by Gasteiger charge is 2.42. The van der Waals surface area contributed by atoms with Crippen molar-refractivity contribution in [3.63, 3.8) is 0 Å². The fourth-order valence-electron chi connectivity index (χ4n) is 2.63. The summed E-state index contributed by atoms with van der Waals surface area (Å²) in [5, 5.41) is 0. The average Bonchev–Trinajstić information content (AvgIpc) is 2.36. The maximum Gasteiger partial charge on any atom is 0.118 e. The van der Waals surface area contributed by atoms with Crippen LogP contribution in [0.25, 0.3) is 0 Å². The zero-order valence-electron chi connectivity index (χ0n) is 11.3. The molecule has 1 fully saturated rings. The van der Waals surface area contributed by atoms with Crippen molar-refractivity contribution in [2.75, 3.05) is 14.2 Å². The number of rotatable bonds is 6. The normalized spacial score (nSPS) is 19.1. The van der Waals surface area contributed by atoms with Crippen LogP contribution in [-0.4, -0.2) is 25.9 Å². The van der Waals surface area contributed by atoms with E-state index in [0.29, 0.717) is 0 Å². The predicted molar refractivity (Wildman–Crippen MR) is 72.9 cm³/mol. The summed E-state index contributed by atoms with van der Waals surface area (Å²) in [7, 11) is 3.47. The maximum absolute atomic E-state index is 6.28. The second-order valence-electron chi connectivity index (χ2n) is 5.12. The Labute approximate surface area is 109 Å². The van der Waals surface area contributed by atoms with Crippen molar-refractivity contribution >= 4 is 0 Å². The molecule has 3 nitrogen and oxygen atoms in total. The van der Waals surface area contributed by atoms with Crippen LogP contribution in [0.4, 0.5) is 0 Å². The molecule has 0 amide bonds. The molecular formula is C15H23NO2. The zero-order valence-corrected chi connectivity index (χ0v) is 11.3. The Hall–Kier alpha value is -1.06. The molecule has 0 heterocycles. The third-order valence-corrected chi connectivity index (χ3v) is 4.19. The Morgan fingerprint density at radius 2 is 1.89 bits per heavy atom. The van der Waals surface area contributed by atoms with Gasteiger partial charge in [-0.3, -0.25) is 0 Å². The van der Waals surface area contributed by atoms with Crippen molar-refractivity contribution in [2.24, 2.45) is 5.73 Å². The summed E-state index contributed by atoms with van der Waals surface area (Å²) in [6, 6.07) is 8.34. The van der Waals surface area contributed by atoms with E-state index in [4.69, 9.17) is 15.2 Å². The maximum atomic E-state index is 6.28. The fourth-order valence-corrected chi connectivity index (χ4v) is 2.63. The molecule has 2 N–H and O–H groups in total. The molecule has 100 valence electrons. The number of methoxy groups -OCH3 is 2. The standard InChI is InChI=1S/C15H23NO2/c1-17-13-7-4-12(5-8-13)6-9-14(16)15(18-2)10-3-11-15/h4-5,7-8,14H,3,6,9-11,16H2,1-2H3. The third-order valence-electron chi connectivity index (χ3n) is 4.19. The van der Waals surface area contributed by atoms with Crippen LogP contribution in [0.1, 0.15) is 31.2 Å². The lowest BCUT2D eigenvalue weighted by atomic mass is 9.73. The van der Waals surface area contributed by atoms with Gasteiger partial charge in [-0.2, -0.15) is 0 Å². The van der Waals surface area contributed by atoms with E-state index in [0.717, 1.165) is 31.4 Å². The van der Waals surface area contributed by atoms with Gasteiger partial charge in [-0.25, -0.2) is 0 Å². The third kappa shape index (κ3) is 2.68. The number of ether oxygens (including phenoxy) is 2. The van der Waals surface area contributed by atoms with Crippen molar-refractivity contribution in [1.29, 1.82) is 0 Å². The van der Waals surface area contributed by atoms with Gasteiger partial charge < -0.3 is 15.2 Å². The first-order valence-corrected chi connectivity index (χ1v) is 6.64.